The van der Waals surface area contributed by atoms with Crippen LogP contribution in [-0.2, 0) is 0 Å². The second-order valence-electron chi connectivity index (χ2n) is 3.70. The summed E-state index contributed by atoms with van der Waals surface area (Å²) < 4.78 is 27.6. The zero-order valence-electron chi connectivity index (χ0n) is 9.38. The van der Waals surface area contributed by atoms with Crippen LogP contribution in [0.15, 0.2) is 40.9 Å². The van der Waals surface area contributed by atoms with Gasteiger partial charge >= 0.3 is 0 Å². The number of anilines is 1. The summed E-state index contributed by atoms with van der Waals surface area (Å²) in [5.41, 5.74) is 0.362. The van der Waals surface area contributed by atoms with Gasteiger partial charge in [-0.3, -0.25) is 4.79 Å². The van der Waals surface area contributed by atoms with Gasteiger partial charge in [0.25, 0.3) is 5.91 Å². The van der Waals surface area contributed by atoms with Gasteiger partial charge in [0.05, 0.1) is 11.3 Å². The highest BCUT2D eigenvalue weighted by molar-refractivity contribution is 14.1. The van der Waals surface area contributed by atoms with E-state index in [9.17, 15) is 13.6 Å². The number of carbonyl (C=O) groups is 1. The number of halogens is 4. The van der Waals surface area contributed by atoms with Gasteiger partial charge in [-0.2, -0.15) is 0 Å². The zero-order valence-corrected chi connectivity index (χ0v) is 13.1. The predicted molar refractivity (Wildman–Crippen MR) is 81.2 cm³/mol. The predicted octanol–water partition coefficient (Wildman–Crippen LogP) is 4.58. The molecule has 0 spiro atoms. The molecule has 0 aliphatic heterocycles. The quantitative estimate of drug-likeness (QED) is 0.684. The first-order valence-electron chi connectivity index (χ1n) is 5.19. The summed E-state index contributed by atoms with van der Waals surface area (Å²) in [4.78, 5) is 12.0. The average molecular weight is 438 g/mol. The molecular formula is C13H7BrF2INO. The van der Waals surface area contributed by atoms with Crippen molar-refractivity contribution in [1.29, 1.82) is 0 Å². The fourth-order valence-corrected chi connectivity index (χ4v) is 2.43. The number of rotatable bonds is 2. The van der Waals surface area contributed by atoms with Crippen LogP contribution in [0.3, 0.4) is 0 Å². The van der Waals surface area contributed by atoms with E-state index in [0.29, 0.717) is 13.7 Å². The third-order valence-corrected chi connectivity index (χ3v) is 3.74. The Labute approximate surface area is 130 Å². The minimum Gasteiger partial charge on any atom is -0.321 e. The van der Waals surface area contributed by atoms with E-state index in [1.807, 2.05) is 22.6 Å². The van der Waals surface area contributed by atoms with E-state index >= 15 is 0 Å². The van der Waals surface area contributed by atoms with E-state index in [2.05, 4.69) is 21.2 Å². The second kappa shape index (κ2) is 5.96. The molecule has 0 aliphatic rings. The summed E-state index contributed by atoms with van der Waals surface area (Å²) in [6, 6.07) is 8.05. The van der Waals surface area contributed by atoms with Crippen LogP contribution in [0.4, 0.5) is 14.5 Å². The number of hydrogen-bond donors (Lipinski definition) is 1. The molecule has 0 atom stereocenters. The van der Waals surface area contributed by atoms with Crippen LogP contribution < -0.4 is 5.32 Å². The topological polar surface area (TPSA) is 29.1 Å². The molecule has 0 bridgehead atoms. The third kappa shape index (κ3) is 3.50. The highest BCUT2D eigenvalue weighted by Gasteiger charge is 2.13. The molecule has 1 N–H and O–H groups in total. The molecular weight excluding hydrogens is 431 g/mol. The highest BCUT2D eigenvalue weighted by Crippen LogP contribution is 2.21. The van der Waals surface area contributed by atoms with Crippen molar-refractivity contribution in [2.45, 2.75) is 0 Å². The second-order valence-corrected chi connectivity index (χ2v) is 5.78. The van der Waals surface area contributed by atoms with Crippen LogP contribution in [0.25, 0.3) is 0 Å². The molecule has 0 radical (unpaired) electrons. The smallest absolute Gasteiger partial charge is 0.258 e. The molecule has 0 saturated carbocycles. The van der Waals surface area contributed by atoms with E-state index in [1.165, 1.54) is 36.4 Å². The van der Waals surface area contributed by atoms with Gasteiger partial charge in [-0.1, -0.05) is 15.9 Å². The number of nitrogens with one attached hydrogen (secondary N) is 1. The van der Waals surface area contributed by atoms with E-state index in [4.69, 9.17) is 0 Å². The van der Waals surface area contributed by atoms with E-state index in [-0.39, 0.29) is 5.56 Å². The molecule has 0 aromatic heterocycles. The summed E-state index contributed by atoms with van der Waals surface area (Å²) in [6.07, 6.45) is 0. The standard InChI is InChI=1S/C13H7BrF2INO/c14-7-1-3-10(16)9(5-7)13(19)18-12-4-2-8(15)6-11(12)17/h1-6H,(H,18,19). The van der Waals surface area contributed by atoms with Crippen LogP contribution >= 0.6 is 38.5 Å². The van der Waals surface area contributed by atoms with Crippen molar-refractivity contribution in [3.8, 4) is 0 Å². The minimum atomic E-state index is -0.613. The highest BCUT2D eigenvalue weighted by atomic mass is 127. The Kier molecular flexibility index (Phi) is 4.51. The molecule has 0 saturated heterocycles. The Morgan fingerprint density at radius 2 is 1.89 bits per heavy atom. The van der Waals surface area contributed by atoms with Crippen molar-refractivity contribution < 1.29 is 13.6 Å². The molecule has 0 heterocycles. The molecule has 2 nitrogen and oxygen atoms in total. The molecule has 2 rings (SSSR count). The molecule has 2 aromatic rings. The molecule has 98 valence electrons. The van der Waals surface area contributed by atoms with Gasteiger partial charge in [-0.25, -0.2) is 8.78 Å². The van der Waals surface area contributed by atoms with Gasteiger partial charge in [0.2, 0.25) is 0 Å². The van der Waals surface area contributed by atoms with E-state index < -0.39 is 17.5 Å². The van der Waals surface area contributed by atoms with E-state index in [0.717, 1.165) is 0 Å². The van der Waals surface area contributed by atoms with Crippen molar-refractivity contribution in [3.05, 3.63) is 61.6 Å². The molecule has 1 amide bonds. The Balaban J connectivity index is 2.28. The molecule has 0 aliphatic carbocycles. The van der Waals surface area contributed by atoms with Crippen molar-refractivity contribution in [3.63, 3.8) is 0 Å². The first kappa shape index (κ1) is 14.4. The molecule has 6 heteroatoms. The lowest BCUT2D eigenvalue weighted by Crippen LogP contribution is -2.14. The summed E-state index contributed by atoms with van der Waals surface area (Å²) in [6.45, 7) is 0. The lowest BCUT2D eigenvalue weighted by molar-refractivity contribution is 0.102. The number of carbonyl (C=O) groups excluding carboxylic acids is 1. The summed E-state index contributed by atoms with van der Waals surface area (Å²) in [5.74, 6) is -1.59. The van der Waals surface area contributed by atoms with Gasteiger partial charge in [-0.05, 0) is 59.0 Å². The average Bonchev–Trinajstić information content (AvgIpc) is 2.35. The SMILES string of the molecule is O=C(Nc1ccc(F)cc1I)c1cc(Br)ccc1F. The van der Waals surface area contributed by atoms with Gasteiger partial charge in [-0.15, -0.1) is 0 Å². The first-order valence-corrected chi connectivity index (χ1v) is 7.06. The Hall–Kier alpha value is -1.02. The lowest BCUT2D eigenvalue weighted by Gasteiger charge is -2.08. The maximum Gasteiger partial charge on any atom is 0.258 e. The van der Waals surface area contributed by atoms with Crippen LogP contribution in [0.1, 0.15) is 10.4 Å². The van der Waals surface area contributed by atoms with Gasteiger partial charge < -0.3 is 5.32 Å². The first-order chi connectivity index (χ1) is 8.97. The molecule has 2 aromatic carbocycles. The minimum absolute atomic E-state index is 0.0745. The maximum absolute atomic E-state index is 13.5. The van der Waals surface area contributed by atoms with Gasteiger partial charge in [0, 0.05) is 8.04 Å². The summed E-state index contributed by atoms with van der Waals surface area (Å²) in [5, 5.41) is 2.55. The van der Waals surface area contributed by atoms with Crippen LogP contribution in [0, 0.1) is 15.2 Å². The van der Waals surface area contributed by atoms with Crippen molar-refractivity contribution in [1.82, 2.24) is 0 Å². The Bertz CT molecular complexity index is 649. The fraction of sp³-hybridized carbons (Fsp3) is 0. The summed E-state index contributed by atoms with van der Waals surface area (Å²) in [7, 11) is 0. The molecule has 0 fully saturated rings. The van der Waals surface area contributed by atoms with Gasteiger partial charge in [0.15, 0.2) is 0 Å². The van der Waals surface area contributed by atoms with E-state index in [1.54, 1.807) is 0 Å². The fourth-order valence-electron chi connectivity index (χ4n) is 1.45. The van der Waals surface area contributed by atoms with Gasteiger partial charge in [0.1, 0.15) is 11.6 Å². The van der Waals surface area contributed by atoms with Crippen LogP contribution in [0.5, 0.6) is 0 Å². The monoisotopic (exact) mass is 437 g/mol. The third-order valence-electron chi connectivity index (χ3n) is 2.35. The molecule has 19 heavy (non-hydrogen) atoms. The van der Waals surface area contributed by atoms with Crippen molar-refractivity contribution >= 4 is 50.1 Å². The Morgan fingerprint density at radius 1 is 1.16 bits per heavy atom. The van der Waals surface area contributed by atoms with Crippen LogP contribution in [0.2, 0.25) is 0 Å². The normalized spacial score (nSPS) is 10.3. The maximum atomic E-state index is 13.5. The molecule has 0 unspecified atom stereocenters. The van der Waals surface area contributed by atoms with Crippen LogP contribution in [-0.4, -0.2) is 5.91 Å². The number of benzene rings is 2. The number of hydrogen-bond acceptors (Lipinski definition) is 1. The van der Waals surface area contributed by atoms with Crippen molar-refractivity contribution in [2.24, 2.45) is 0 Å². The van der Waals surface area contributed by atoms with Crippen molar-refractivity contribution in [2.75, 3.05) is 5.32 Å². The zero-order chi connectivity index (χ0) is 14.0. The number of amides is 1. The lowest BCUT2D eigenvalue weighted by atomic mass is 10.2. The largest absolute Gasteiger partial charge is 0.321 e. The summed E-state index contributed by atoms with van der Waals surface area (Å²) >= 11 is 5.07. The Morgan fingerprint density at radius 3 is 2.58 bits per heavy atom.